The molecule has 1 aliphatic heterocycles. The third kappa shape index (κ3) is 2.38. The number of cyclic esters (lactones) is 2. The molecule has 1 fully saturated rings. The van der Waals surface area contributed by atoms with E-state index in [4.69, 9.17) is 9.84 Å². The number of aryl methyl sites for hydroxylation is 1. The Bertz CT molecular complexity index is 428. The second kappa shape index (κ2) is 4.45. The van der Waals surface area contributed by atoms with Crippen molar-refractivity contribution >= 4 is 12.1 Å². The van der Waals surface area contributed by atoms with E-state index in [-0.39, 0.29) is 13.0 Å². The van der Waals surface area contributed by atoms with Gasteiger partial charge in [-0.25, -0.2) is 9.59 Å². The average Bonchev–Trinajstić information content (AvgIpc) is 2.71. The van der Waals surface area contributed by atoms with Gasteiger partial charge in [0.1, 0.15) is 6.61 Å². The summed E-state index contributed by atoms with van der Waals surface area (Å²) >= 11 is 0. The van der Waals surface area contributed by atoms with Gasteiger partial charge in [-0.1, -0.05) is 30.3 Å². The van der Waals surface area contributed by atoms with Crippen molar-refractivity contribution in [3.8, 4) is 0 Å². The lowest BCUT2D eigenvalue weighted by molar-refractivity contribution is -0.155. The lowest BCUT2D eigenvalue weighted by Gasteiger charge is -2.19. The zero-order valence-electron chi connectivity index (χ0n) is 9.09. The Labute approximate surface area is 98.0 Å². The van der Waals surface area contributed by atoms with Crippen LogP contribution in [0.5, 0.6) is 0 Å². The van der Waals surface area contributed by atoms with E-state index in [1.165, 1.54) is 0 Å². The first-order valence-corrected chi connectivity index (χ1v) is 5.25. The molecule has 5 nitrogen and oxygen atoms in total. The van der Waals surface area contributed by atoms with Gasteiger partial charge in [-0.05, 0) is 12.0 Å². The molecule has 17 heavy (non-hydrogen) atoms. The monoisotopic (exact) mass is 236 g/mol. The maximum absolute atomic E-state index is 11.1. The molecular formula is C12H12O5. The Morgan fingerprint density at radius 1 is 1.35 bits per heavy atom. The molecule has 0 aromatic heterocycles. The van der Waals surface area contributed by atoms with Crippen molar-refractivity contribution in [1.82, 2.24) is 0 Å². The molecular weight excluding hydrogens is 224 g/mol. The van der Waals surface area contributed by atoms with Gasteiger partial charge < -0.3 is 14.6 Å². The molecule has 1 aliphatic rings. The predicted molar refractivity (Wildman–Crippen MR) is 57.6 cm³/mol. The number of rotatable bonds is 4. The zero-order chi connectivity index (χ0) is 12.3. The third-order valence-electron chi connectivity index (χ3n) is 2.75. The van der Waals surface area contributed by atoms with Crippen LogP contribution in [0.3, 0.4) is 0 Å². The minimum absolute atomic E-state index is 0.206. The van der Waals surface area contributed by atoms with Crippen molar-refractivity contribution in [3.63, 3.8) is 0 Å². The number of aliphatic carboxylic acids is 1. The van der Waals surface area contributed by atoms with E-state index in [0.29, 0.717) is 6.42 Å². The first-order valence-electron chi connectivity index (χ1n) is 5.25. The smallest absolute Gasteiger partial charge is 0.478 e. The van der Waals surface area contributed by atoms with Crippen molar-refractivity contribution < 1.29 is 24.2 Å². The van der Waals surface area contributed by atoms with E-state index in [9.17, 15) is 9.59 Å². The molecule has 0 unspecified atom stereocenters. The zero-order valence-corrected chi connectivity index (χ0v) is 9.09. The van der Waals surface area contributed by atoms with Gasteiger partial charge in [0, 0.05) is 6.42 Å². The SMILES string of the molecule is O=C1OC[C@@](CCc2ccccc2)(C(=O)O)O1. The number of carboxylic acids is 1. The van der Waals surface area contributed by atoms with Crippen LogP contribution in [0.25, 0.3) is 0 Å². The second-order valence-corrected chi connectivity index (χ2v) is 3.93. The van der Waals surface area contributed by atoms with E-state index in [2.05, 4.69) is 4.74 Å². The summed E-state index contributed by atoms with van der Waals surface area (Å²) in [6, 6.07) is 9.43. The highest BCUT2D eigenvalue weighted by Gasteiger charge is 2.49. The van der Waals surface area contributed by atoms with E-state index in [1.54, 1.807) is 0 Å². The predicted octanol–water partition coefficient (Wildman–Crippen LogP) is 1.61. The molecule has 1 atom stereocenters. The maximum atomic E-state index is 11.1. The molecule has 1 aromatic carbocycles. The Kier molecular flexibility index (Phi) is 2.99. The summed E-state index contributed by atoms with van der Waals surface area (Å²) in [6.45, 7) is -0.228. The van der Waals surface area contributed by atoms with E-state index in [0.717, 1.165) is 5.56 Å². The van der Waals surface area contributed by atoms with Gasteiger partial charge in [0.05, 0.1) is 0 Å². The van der Waals surface area contributed by atoms with Crippen molar-refractivity contribution in [2.45, 2.75) is 18.4 Å². The van der Waals surface area contributed by atoms with Crippen molar-refractivity contribution in [2.24, 2.45) is 0 Å². The van der Waals surface area contributed by atoms with Crippen LogP contribution in [0.2, 0.25) is 0 Å². The first kappa shape index (κ1) is 11.4. The molecule has 0 aliphatic carbocycles. The number of carbonyl (C=O) groups is 2. The van der Waals surface area contributed by atoms with Gasteiger partial charge in [0.15, 0.2) is 0 Å². The van der Waals surface area contributed by atoms with Crippen LogP contribution in [-0.2, 0) is 20.7 Å². The number of ether oxygens (including phenoxy) is 2. The van der Waals surface area contributed by atoms with E-state index < -0.39 is 17.7 Å². The minimum Gasteiger partial charge on any atom is -0.478 e. The quantitative estimate of drug-likeness (QED) is 0.804. The Balaban J connectivity index is 2.05. The lowest BCUT2D eigenvalue weighted by atomic mass is 9.96. The molecule has 90 valence electrons. The first-order chi connectivity index (χ1) is 8.12. The Morgan fingerprint density at radius 3 is 2.59 bits per heavy atom. The van der Waals surface area contributed by atoms with E-state index >= 15 is 0 Å². The number of carbonyl (C=O) groups excluding carboxylic acids is 1. The summed E-state index contributed by atoms with van der Waals surface area (Å²) in [6.07, 6.45) is -0.192. The molecule has 0 bridgehead atoms. The number of hydrogen-bond donors (Lipinski definition) is 1. The van der Waals surface area contributed by atoms with Crippen molar-refractivity contribution in [2.75, 3.05) is 6.61 Å². The van der Waals surface area contributed by atoms with Crippen LogP contribution in [0, 0.1) is 0 Å². The van der Waals surface area contributed by atoms with Gasteiger partial charge in [0.25, 0.3) is 0 Å². The van der Waals surface area contributed by atoms with Crippen LogP contribution in [0.4, 0.5) is 4.79 Å². The highest BCUT2D eigenvalue weighted by atomic mass is 16.8. The van der Waals surface area contributed by atoms with Gasteiger partial charge in [-0.15, -0.1) is 0 Å². The van der Waals surface area contributed by atoms with Crippen LogP contribution in [0.1, 0.15) is 12.0 Å². The highest BCUT2D eigenvalue weighted by Crippen LogP contribution is 2.26. The summed E-state index contributed by atoms with van der Waals surface area (Å²) in [7, 11) is 0. The molecule has 2 rings (SSSR count). The summed E-state index contributed by atoms with van der Waals surface area (Å²) in [5, 5.41) is 9.10. The maximum Gasteiger partial charge on any atom is 0.509 e. The molecule has 0 spiro atoms. The van der Waals surface area contributed by atoms with Crippen molar-refractivity contribution in [3.05, 3.63) is 35.9 Å². The fourth-order valence-corrected chi connectivity index (χ4v) is 1.72. The molecule has 1 heterocycles. The van der Waals surface area contributed by atoms with Crippen molar-refractivity contribution in [1.29, 1.82) is 0 Å². The normalized spacial score (nSPS) is 22.9. The summed E-state index contributed by atoms with van der Waals surface area (Å²) in [4.78, 5) is 22.0. The molecule has 1 aromatic rings. The van der Waals surface area contributed by atoms with Gasteiger partial charge in [-0.2, -0.15) is 0 Å². The minimum atomic E-state index is -1.53. The van der Waals surface area contributed by atoms with Gasteiger partial charge >= 0.3 is 12.1 Å². The molecule has 1 N–H and O–H groups in total. The summed E-state index contributed by atoms with van der Waals surface area (Å²) < 4.78 is 9.35. The topological polar surface area (TPSA) is 72.8 Å². The van der Waals surface area contributed by atoms with Crippen LogP contribution >= 0.6 is 0 Å². The third-order valence-corrected chi connectivity index (χ3v) is 2.75. The molecule has 0 radical (unpaired) electrons. The standard InChI is InChI=1S/C12H12O5/c13-10(14)12(8-16-11(15)17-12)7-6-9-4-2-1-3-5-9/h1-5H,6-8H2,(H,13,14)/t12-/m0/s1. The largest absolute Gasteiger partial charge is 0.509 e. The molecule has 1 saturated heterocycles. The average molecular weight is 236 g/mol. The molecule has 0 amide bonds. The number of hydrogen-bond acceptors (Lipinski definition) is 4. The van der Waals surface area contributed by atoms with Crippen LogP contribution in [0.15, 0.2) is 30.3 Å². The summed E-state index contributed by atoms with van der Waals surface area (Å²) in [5.74, 6) is -1.17. The van der Waals surface area contributed by atoms with Crippen LogP contribution in [-0.4, -0.2) is 29.4 Å². The molecule has 5 heteroatoms. The van der Waals surface area contributed by atoms with Gasteiger partial charge in [-0.3, -0.25) is 0 Å². The summed E-state index contributed by atoms with van der Waals surface area (Å²) in [5.41, 5.74) is -0.538. The second-order valence-electron chi connectivity index (χ2n) is 3.93. The highest BCUT2D eigenvalue weighted by molar-refractivity contribution is 5.82. The molecule has 0 saturated carbocycles. The fourth-order valence-electron chi connectivity index (χ4n) is 1.72. The van der Waals surface area contributed by atoms with Gasteiger partial charge in [0.2, 0.25) is 5.60 Å². The van der Waals surface area contributed by atoms with Crippen LogP contribution < -0.4 is 0 Å². The Morgan fingerprint density at radius 2 is 2.06 bits per heavy atom. The fraction of sp³-hybridized carbons (Fsp3) is 0.333. The Hall–Kier alpha value is -2.04. The van der Waals surface area contributed by atoms with E-state index in [1.807, 2.05) is 30.3 Å². The number of carboxylic acid groups (broad SMARTS) is 1. The number of benzene rings is 1. The lowest BCUT2D eigenvalue weighted by Crippen LogP contribution is -2.41.